The van der Waals surface area contributed by atoms with Crippen molar-refractivity contribution < 1.29 is 0 Å². The normalized spacial score (nSPS) is 32.9. The monoisotopic (exact) mass is 253 g/mol. The standard InChI is InChI=1S/C18H23N/c1-13-11-12-18(2)16-9-5-3-7-14(16)15-8-4-6-10-17(15)19(13)18/h4,6,8,10,13H,3,5,7,9,11-12H2,1-2H3/t13?,18-/m0/s1. The molecule has 1 unspecified atom stereocenters. The largest absolute Gasteiger partial charge is 0.359 e. The Morgan fingerprint density at radius 1 is 1.16 bits per heavy atom. The number of fused-ring (bicyclic) bond motifs is 5. The molecule has 4 rings (SSSR count). The first-order valence-electron chi connectivity index (χ1n) is 7.83. The Kier molecular flexibility index (Phi) is 2.36. The molecule has 0 N–H and O–H groups in total. The van der Waals surface area contributed by atoms with Crippen LogP contribution >= 0.6 is 0 Å². The zero-order valence-corrected chi connectivity index (χ0v) is 12.1. The summed E-state index contributed by atoms with van der Waals surface area (Å²) >= 11 is 0. The summed E-state index contributed by atoms with van der Waals surface area (Å²) < 4.78 is 0. The molecule has 0 radical (unpaired) electrons. The Morgan fingerprint density at radius 2 is 1.95 bits per heavy atom. The van der Waals surface area contributed by atoms with Crippen LogP contribution in [0.4, 0.5) is 5.69 Å². The first-order valence-corrected chi connectivity index (χ1v) is 7.83. The van der Waals surface area contributed by atoms with Crippen LogP contribution in [0.5, 0.6) is 0 Å². The number of hydrogen-bond donors (Lipinski definition) is 0. The highest BCUT2D eigenvalue weighted by molar-refractivity contribution is 5.85. The summed E-state index contributed by atoms with van der Waals surface area (Å²) in [6, 6.07) is 9.79. The summed E-state index contributed by atoms with van der Waals surface area (Å²) in [6.45, 7) is 4.89. The SMILES string of the molecule is CC1CC[C@@]2(C)C3=C(CCCC3)c3ccccc3N12. The molecule has 1 saturated heterocycles. The number of benzene rings is 1. The van der Waals surface area contributed by atoms with E-state index < -0.39 is 0 Å². The van der Waals surface area contributed by atoms with Crippen molar-refractivity contribution >= 4 is 11.3 Å². The van der Waals surface area contributed by atoms with Gasteiger partial charge < -0.3 is 4.90 Å². The van der Waals surface area contributed by atoms with E-state index in [1.807, 2.05) is 0 Å². The molecule has 1 nitrogen and oxygen atoms in total. The van der Waals surface area contributed by atoms with Gasteiger partial charge >= 0.3 is 0 Å². The van der Waals surface area contributed by atoms with E-state index in [1.54, 1.807) is 11.1 Å². The molecule has 2 atom stereocenters. The molecule has 1 aromatic rings. The van der Waals surface area contributed by atoms with E-state index >= 15 is 0 Å². The van der Waals surface area contributed by atoms with E-state index in [4.69, 9.17) is 0 Å². The maximum Gasteiger partial charge on any atom is 0.0595 e. The van der Waals surface area contributed by atoms with Crippen molar-refractivity contribution in [2.45, 2.75) is 64.0 Å². The molecular weight excluding hydrogens is 230 g/mol. The lowest BCUT2D eigenvalue weighted by Crippen LogP contribution is -2.49. The Labute approximate surface area is 116 Å². The van der Waals surface area contributed by atoms with Crippen LogP contribution in [-0.4, -0.2) is 11.6 Å². The molecular formula is C18H23N. The van der Waals surface area contributed by atoms with Crippen molar-refractivity contribution in [3.05, 3.63) is 35.4 Å². The number of hydrogen-bond acceptors (Lipinski definition) is 1. The Bertz CT molecular complexity index is 557. The van der Waals surface area contributed by atoms with Crippen molar-refractivity contribution in [2.24, 2.45) is 0 Å². The molecule has 0 spiro atoms. The van der Waals surface area contributed by atoms with E-state index in [0.29, 0.717) is 11.6 Å². The number of para-hydroxylation sites is 1. The minimum absolute atomic E-state index is 0.309. The van der Waals surface area contributed by atoms with Gasteiger partial charge in [-0.3, -0.25) is 0 Å². The van der Waals surface area contributed by atoms with Gasteiger partial charge in [0.25, 0.3) is 0 Å². The quantitative estimate of drug-likeness (QED) is 0.643. The van der Waals surface area contributed by atoms with Gasteiger partial charge in [-0.05, 0) is 69.6 Å². The maximum atomic E-state index is 2.73. The van der Waals surface area contributed by atoms with Crippen LogP contribution in [0, 0.1) is 0 Å². The number of allylic oxidation sites excluding steroid dienone is 1. The molecule has 1 fully saturated rings. The van der Waals surface area contributed by atoms with Crippen LogP contribution in [-0.2, 0) is 0 Å². The molecule has 1 aromatic carbocycles. The second-order valence-electron chi connectivity index (χ2n) is 6.71. The predicted octanol–water partition coefficient (Wildman–Crippen LogP) is 4.78. The molecule has 2 aliphatic heterocycles. The van der Waals surface area contributed by atoms with Crippen molar-refractivity contribution in [3.63, 3.8) is 0 Å². The lowest BCUT2D eigenvalue weighted by molar-refractivity contribution is 0.490. The third-order valence-corrected chi connectivity index (χ3v) is 5.63. The molecule has 19 heavy (non-hydrogen) atoms. The van der Waals surface area contributed by atoms with Crippen LogP contribution < -0.4 is 4.90 Å². The fraction of sp³-hybridized carbons (Fsp3) is 0.556. The highest BCUT2D eigenvalue weighted by Gasteiger charge is 2.48. The van der Waals surface area contributed by atoms with Crippen LogP contribution in [0.15, 0.2) is 29.8 Å². The average Bonchev–Trinajstić information content (AvgIpc) is 2.76. The average molecular weight is 253 g/mol. The first kappa shape index (κ1) is 11.6. The van der Waals surface area contributed by atoms with Gasteiger partial charge in [-0.15, -0.1) is 0 Å². The van der Waals surface area contributed by atoms with Gasteiger partial charge in [-0.1, -0.05) is 18.2 Å². The summed E-state index contributed by atoms with van der Waals surface area (Å²) in [7, 11) is 0. The van der Waals surface area contributed by atoms with Crippen LogP contribution in [0.2, 0.25) is 0 Å². The fourth-order valence-electron chi connectivity index (χ4n) is 4.76. The molecule has 0 amide bonds. The molecule has 0 aromatic heterocycles. The first-order chi connectivity index (χ1) is 9.22. The van der Waals surface area contributed by atoms with Crippen LogP contribution in [0.3, 0.4) is 0 Å². The molecule has 2 heterocycles. The Morgan fingerprint density at radius 3 is 2.84 bits per heavy atom. The minimum atomic E-state index is 0.309. The Balaban J connectivity index is 2.00. The molecule has 0 bridgehead atoms. The van der Waals surface area contributed by atoms with E-state index in [-0.39, 0.29) is 0 Å². The van der Waals surface area contributed by atoms with Gasteiger partial charge in [0.1, 0.15) is 0 Å². The summed E-state index contributed by atoms with van der Waals surface area (Å²) in [5, 5.41) is 0. The highest BCUT2D eigenvalue weighted by atomic mass is 15.3. The smallest absolute Gasteiger partial charge is 0.0595 e. The second kappa shape index (κ2) is 3.88. The predicted molar refractivity (Wildman–Crippen MR) is 81.4 cm³/mol. The van der Waals surface area contributed by atoms with Crippen LogP contribution in [0.1, 0.15) is 57.9 Å². The maximum absolute atomic E-state index is 2.73. The van der Waals surface area contributed by atoms with E-state index in [9.17, 15) is 0 Å². The number of nitrogens with zero attached hydrogens (tertiary/aromatic N) is 1. The summed E-state index contributed by atoms with van der Waals surface area (Å²) in [6.07, 6.45) is 8.05. The van der Waals surface area contributed by atoms with Crippen molar-refractivity contribution in [1.82, 2.24) is 0 Å². The van der Waals surface area contributed by atoms with Gasteiger partial charge in [-0.2, -0.15) is 0 Å². The zero-order valence-electron chi connectivity index (χ0n) is 12.1. The van der Waals surface area contributed by atoms with E-state index in [1.165, 1.54) is 49.8 Å². The van der Waals surface area contributed by atoms with Gasteiger partial charge in [0.15, 0.2) is 0 Å². The minimum Gasteiger partial charge on any atom is -0.359 e. The van der Waals surface area contributed by atoms with Gasteiger partial charge in [0.05, 0.1) is 5.54 Å². The van der Waals surface area contributed by atoms with E-state index in [0.717, 1.165) is 0 Å². The van der Waals surface area contributed by atoms with Crippen LogP contribution in [0.25, 0.3) is 5.57 Å². The summed E-state index contributed by atoms with van der Waals surface area (Å²) in [5.41, 5.74) is 6.79. The van der Waals surface area contributed by atoms with Crippen molar-refractivity contribution in [3.8, 4) is 0 Å². The summed E-state index contributed by atoms with van der Waals surface area (Å²) in [5.74, 6) is 0. The lowest BCUT2D eigenvalue weighted by Gasteiger charge is -2.48. The molecule has 1 heteroatoms. The van der Waals surface area contributed by atoms with Gasteiger partial charge in [0, 0.05) is 17.3 Å². The lowest BCUT2D eigenvalue weighted by atomic mass is 9.73. The van der Waals surface area contributed by atoms with Gasteiger partial charge in [0.2, 0.25) is 0 Å². The number of anilines is 1. The van der Waals surface area contributed by atoms with Gasteiger partial charge in [-0.25, -0.2) is 0 Å². The Hall–Kier alpha value is -1.24. The fourth-order valence-corrected chi connectivity index (χ4v) is 4.76. The second-order valence-corrected chi connectivity index (χ2v) is 6.71. The topological polar surface area (TPSA) is 3.24 Å². The number of rotatable bonds is 0. The molecule has 100 valence electrons. The third-order valence-electron chi connectivity index (χ3n) is 5.63. The van der Waals surface area contributed by atoms with Crippen molar-refractivity contribution in [1.29, 1.82) is 0 Å². The molecule has 1 aliphatic carbocycles. The molecule has 3 aliphatic rings. The zero-order chi connectivity index (χ0) is 13.0. The summed E-state index contributed by atoms with van der Waals surface area (Å²) in [4.78, 5) is 2.73. The van der Waals surface area contributed by atoms with E-state index in [2.05, 4.69) is 43.0 Å². The molecule has 0 saturated carbocycles. The highest BCUT2D eigenvalue weighted by Crippen LogP contribution is 2.54. The third kappa shape index (κ3) is 1.42. The van der Waals surface area contributed by atoms with Crippen molar-refractivity contribution in [2.75, 3.05) is 4.90 Å².